The molecule has 1 aliphatic carbocycles. The molecule has 1 aromatic rings. The van der Waals surface area contributed by atoms with Crippen LogP contribution in [0.3, 0.4) is 0 Å². The van der Waals surface area contributed by atoms with Crippen molar-refractivity contribution in [3.63, 3.8) is 0 Å². The molecule has 4 nitrogen and oxygen atoms in total. The van der Waals surface area contributed by atoms with Crippen molar-refractivity contribution in [2.24, 2.45) is 23.7 Å². The van der Waals surface area contributed by atoms with E-state index in [0.717, 1.165) is 22.5 Å². The highest BCUT2D eigenvalue weighted by molar-refractivity contribution is 8.00. The first kappa shape index (κ1) is 14.8. The van der Waals surface area contributed by atoms with Gasteiger partial charge < -0.3 is 5.11 Å². The molecule has 2 aliphatic heterocycles. The Kier molecular flexibility index (Phi) is 3.44. The van der Waals surface area contributed by atoms with E-state index in [2.05, 4.69) is 6.08 Å². The molecule has 0 bridgehead atoms. The molecule has 2 amide bonds. The number of phenols is 1. The summed E-state index contributed by atoms with van der Waals surface area (Å²) in [6.07, 6.45) is 4.58. The van der Waals surface area contributed by atoms with Gasteiger partial charge in [0.1, 0.15) is 5.75 Å². The summed E-state index contributed by atoms with van der Waals surface area (Å²) in [7, 11) is 0. The number of nitrogens with zero attached hydrogens (tertiary/aromatic N) is 1. The molecule has 0 aromatic heterocycles. The molecule has 2 fully saturated rings. The van der Waals surface area contributed by atoms with E-state index < -0.39 is 11.7 Å². The lowest BCUT2D eigenvalue weighted by molar-refractivity contribution is -0.123. The Hall–Kier alpha value is -1.82. The summed E-state index contributed by atoms with van der Waals surface area (Å²) in [4.78, 5) is 26.6. The van der Waals surface area contributed by atoms with Crippen molar-refractivity contribution >= 4 is 29.3 Å². The van der Waals surface area contributed by atoms with Crippen LogP contribution in [0.25, 0.3) is 0 Å². The van der Waals surface area contributed by atoms with E-state index in [4.69, 9.17) is 0 Å². The van der Waals surface area contributed by atoms with Crippen LogP contribution in [-0.2, 0) is 9.59 Å². The van der Waals surface area contributed by atoms with E-state index in [1.165, 1.54) is 12.1 Å². The van der Waals surface area contributed by atoms with Crippen molar-refractivity contribution in [1.29, 1.82) is 0 Å². The van der Waals surface area contributed by atoms with Gasteiger partial charge in [-0.3, -0.25) is 9.59 Å². The fraction of sp³-hybridized carbons (Fsp3) is 0.412. The average molecular weight is 333 g/mol. The number of carbonyl (C=O) groups is 2. The molecule has 2 unspecified atom stereocenters. The number of hydrogen-bond acceptors (Lipinski definition) is 4. The van der Waals surface area contributed by atoms with E-state index in [-0.39, 0.29) is 35.1 Å². The Morgan fingerprint density at radius 2 is 2.00 bits per heavy atom. The normalized spacial score (nSPS) is 30.5. The number of benzene rings is 1. The van der Waals surface area contributed by atoms with Gasteiger partial charge in [0.05, 0.1) is 17.5 Å². The molecule has 2 heterocycles. The van der Waals surface area contributed by atoms with Crippen LogP contribution in [0.15, 0.2) is 30.4 Å². The van der Waals surface area contributed by atoms with Gasteiger partial charge in [-0.15, -0.1) is 0 Å². The van der Waals surface area contributed by atoms with Crippen molar-refractivity contribution < 1.29 is 19.1 Å². The smallest absolute Gasteiger partial charge is 0.238 e. The van der Waals surface area contributed by atoms with Crippen molar-refractivity contribution in [2.75, 3.05) is 16.4 Å². The molecule has 6 heteroatoms. The molecule has 0 saturated carbocycles. The summed E-state index contributed by atoms with van der Waals surface area (Å²) < 4.78 is 14.1. The Labute approximate surface area is 137 Å². The molecule has 3 aliphatic rings. The SMILES string of the molecule is O=C1C2CC=C[C@H](C3CSC3)C2C(=O)N1c1ccc(O)cc1F. The molecular formula is C17H16FNO3S. The third kappa shape index (κ3) is 2.19. The topological polar surface area (TPSA) is 57.6 Å². The summed E-state index contributed by atoms with van der Waals surface area (Å²) in [5.74, 6) is 0.107. The molecule has 23 heavy (non-hydrogen) atoms. The number of hydrogen-bond donors (Lipinski definition) is 1. The van der Waals surface area contributed by atoms with Gasteiger partial charge in [0.2, 0.25) is 11.8 Å². The predicted molar refractivity (Wildman–Crippen MR) is 85.6 cm³/mol. The summed E-state index contributed by atoms with van der Waals surface area (Å²) >= 11 is 1.84. The van der Waals surface area contributed by atoms with E-state index in [1.807, 2.05) is 17.8 Å². The first-order valence-corrected chi connectivity index (χ1v) is 8.84. The second-order valence-electron chi connectivity index (χ2n) is 6.32. The van der Waals surface area contributed by atoms with Crippen LogP contribution >= 0.6 is 11.8 Å². The van der Waals surface area contributed by atoms with E-state index >= 15 is 0 Å². The molecule has 1 N–H and O–H groups in total. The number of anilines is 1. The number of rotatable bonds is 2. The van der Waals surface area contributed by atoms with Crippen molar-refractivity contribution in [1.82, 2.24) is 0 Å². The lowest BCUT2D eigenvalue weighted by Gasteiger charge is -2.37. The minimum absolute atomic E-state index is 0.0612. The minimum atomic E-state index is -0.756. The fourth-order valence-electron chi connectivity index (χ4n) is 3.77. The van der Waals surface area contributed by atoms with Crippen LogP contribution in [0.5, 0.6) is 5.75 Å². The first-order chi connectivity index (χ1) is 11.1. The van der Waals surface area contributed by atoms with E-state index in [1.54, 1.807) is 0 Å². The van der Waals surface area contributed by atoms with Gasteiger partial charge in [0, 0.05) is 6.07 Å². The molecule has 3 atom stereocenters. The highest BCUT2D eigenvalue weighted by Gasteiger charge is 2.54. The summed E-state index contributed by atoms with van der Waals surface area (Å²) in [6, 6.07) is 3.51. The number of fused-ring (bicyclic) bond motifs is 1. The Balaban J connectivity index is 1.71. The van der Waals surface area contributed by atoms with Crippen LogP contribution in [0, 0.1) is 29.5 Å². The van der Waals surface area contributed by atoms with Crippen LogP contribution in [-0.4, -0.2) is 28.4 Å². The standard InChI is InChI=1S/C17H16FNO3S/c18-13-6-10(20)4-5-14(13)19-16(21)12-3-1-2-11(9-7-23-8-9)15(12)17(19)22/h1-2,4-6,9,11-12,15,20H,3,7-8H2/t11-,12?,15?/m1/s1. The lowest BCUT2D eigenvalue weighted by atomic mass is 9.72. The Bertz CT molecular complexity index is 716. The minimum Gasteiger partial charge on any atom is -0.508 e. The first-order valence-electron chi connectivity index (χ1n) is 7.68. The molecule has 2 saturated heterocycles. The maximum absolute atomic E-state index is 14.1. The van der Waals surface area contributed by atoms with Gasteiger partial charge >= 0.3 is 0 Å². The lowest BCUT2D eigenvalue weighted by Crippen LogP contribution is -2.39. The molecular weight excluding hydrogens is 317 g/mol. The largest absolute Gasteiger partial charge is 0.508 e. The highest BCUT2D eigenvalue weighted by atomic mass is 32.2. The van der Waals surface area contributed by atoms with E-state index in [9.17, 15) is 19.1 Å². The second-order valence-corrected chi connectivity index (χ2v) is 7.39. The third-order valence-electron chi connectivity index (χ3n) is 5.02. The zero-order valence-electron chi connectivity index (χ0n) is 12.3. The average Bonchev–Trinajstić information content (AvgIpc) is 2.71. The van der Waals surface area contributed by atoms with E-state index in [0.29, 0.717) is 12.3 Å². The maximum atomic E-state index is 14.1. The van der Waals surface area contributed by atoms with Gasteiger partial charge in [-0.2, -0.15) is 11.8 Å². The van der Waals surface area contributed by atoms with Crippen LogP contribution in [0.1, 0.15) is 6.42 Å². The molecule has 120 valence electrons. The van der Waals surface area contributed by atoms with Gasteiger partial charge in [0.15, 0.2) is 5.82 Å². The van der Waals surface area contributed by atoms with Gasteiger partial charge in [-0.25, -0.2) is 9.29 Å². The Morgan fingerprint density at radius 1 is 1.22 bits per heavy atom. The number of imide groups is 1. The van der Waals surface area contributed by atoms with Crippen LogP contribution in [0.2, 0.25) is 0 Å². The number of carbonyl (C=O) groups excluding carboxylic acids is 2. The second kappa shape index (κ2) is 5.37. The monoisotopic (exact) mass is 333 g/mol. The highest BCUT2D eigenvalue weighted by Crippen LogP contribution is 2.47. The predicted octanol–water partition coefficient (Wildman–Crippen LogP) is 2.58. The van der Waals surface area contributed by atoms with Crippen molar-refractivity contribution in [3.05, 3.63) is 36.2 Å². The number of phenolic OH excluding ortho intramolecular Hbond substituents is 1. The maximum Gasteiger partial charge on any atom is 0.238 e. The zero-order valence-corrected chi connectivity index (χ0v) is 13.1. The summed E-state index contributed by atoms with van der Waals surface area (Å²) in [5.41, 5.74) is -0.0612. The quantitative estimate of drug-likeness (QED) is 0.668. The number of thioether (sulfide) groups is 1. The molecule has 1 aromatic carbocycles. The molecule has 4 rings (SSSR count). The molecule has 0 radical (unpaired) electrons. The van der Waals surface area contributed by atoms with Gasteiger partial charge in [0.25, 0.3) is 0 Å². The molecule has 0 spiro atoms. The van der Waals surface area contributed by atoms with Crippen LogP contribution in [0.4, 0.5) is 10.1 Å². The van der Waals surface area contributed by atoms with Crippen molar-refractivity contribution in [3.8, 4) is 5.75 Å². The number of halogens is 1. The van der Waals surface area contributed by atoms with Gasteiger partial charge in [-0.1, -0.05) is 12.2 Å². The Morgan fingerprint density at radius 3 is 2.65 bits per heavy atom. The van der Waals surface area contributed by atoms with Crippen LogP contribution < -0.4 is 4.90 Å². The third-order valence-corrected chi connectivity index (χ3v) is 6.35. The summed E-state index contributed by atoms with van der Waals surface area (Å²) in [5, 5.41) is 9.33. The number of amides is 2. The number of aromatic hydroxyl groups is 1. The number of allylic oxidation sites excluding steroid dienone is 2. The van der Waals surface area contributed by atoms with Crippen molar-refractivity contribution in [2.45, 2.75) is 6.42 Å². The summed E-state index contributed by atoms with van der Waals surface area (Å²) in [6.45, 7) is 0. The van der Waals surface area contributed by atoms with Gasteiger partial charge in [-0.05, 0) is 41.9 Å². The zero-order chi connectivity index (χ0) is 16.1. The fourth-order valence-corrected chi connectivity index (χ4v) is 4.72.